The molecule has 0 radical (unpaired) electrons. The van der Waals surface area contributed by atoms with Crippen molar-refractivity contribution in [3.63, 3.8) is 0 Å². The average Bonchev–Trinajstić information content (AvgIpc) is 2.85. The number of hydrogen-bond acceptors (Lipinski definition) is 5. The van der Waals surface area contributed by atoms with Crippen LogP contribution in [0.1, 0.15) is 19.2 Å². The molecule has 0 spiro atoms. The summed E-state index contributed by atoms with van der Waals surface area (Å²) in [7, 11) is 1.85. The van der Waals surface area contributed by atoms with E-state index in [4.69, 9.17) is 9.47 Å². The van der Waals surface area contributed by atoms with Crippen molar-refractivity contribution in [1.82, 2.24) is 20.1 Å². The van der Waals surface area contributed by atoms with Crippen molar-refractivity contribution in [3.8, 4) is 11.5 Å². The number of ether oxygens (including phenoxy) is 2. The Balaban J connectivity index is 1.73. The van der Waals surface area contributed by atoms with Gasteiger partial charge in [0.25, 0.3) is 0 Å². The quantitative estimate of drug-likeness (QED) is 0.653. The molecule has 0 saturated carbocycles. The lowest BCUT2D eigenvalue weighted by atomic mass is 10.3. The number of rotatable bonds is 4. The molecule has 2 aromatic rings. The van der Waals surface area contributed by atoms with Gasteiger partial charge in [0.05, 0.1) is 13.2 Å². The molecule has 0 aliphatic carbocycles. The first kappa shape index (κ1) is 16.1. The van der Waals surface area contributed by atoms with Crippen LogP contribution in [0.15, 0.2) is 29.5 Å². The number of aliphatic imine (C=N–C) groups is 1. The fraction of sp³-hybridized carbons (Fsp3) is 0.438. The highest BCUT2D eigenvalue weighted by Crippen LogP contribution is 2.32. The van der Waals surface area contributed by atoms with E-state index in [1.807, 2.05) is 32.2 Å². The van der Waals surface area contributed by atoms with Gasteiger partial charge >= 0.3 is 0 Å². The van der Waals surface area contributed by atoms with E-state index in [1.165, 1.54) is 6.33 Å². The molecule has 24 heavy (non-hydrogen) atoms. The molecular weight excluding hydrogens is 308 g/mol. The zero-order valence-electron chi connectivity index (χ0n) is 14.0. The zero-order valence-corrected chi connectivity index (χ0v) is 14.0. The molecule has 128 valence electrons. The largest absolute Gasteiger partial charge is 0.490 e. The monoisotopic (exact) mass is 330 g/mol. The van der Waals surface area contributed by atoms with Crippen LogP contribution >= 0.6 is 0 Å². The van der Waals surface area contributed by atoms with Crippen LogP contribution in [0.5, 0.6) is 11.5 Å². The van der Waals surface area contributed by atoms with Crippen molar-refractivity contribution >= 4 is 11.6 Å². The number of guanidine groups is 1. The first-order valence-electron chi connectivity index (χ1n) is 8.04. The molecule has 8 heteroatoms. The van der Waals surface area contributed by atoms with Gasteiger partial charge in [-0.25, -0.2) is 9.98 Å². The van der Waals surface area contributed by atoms with Crippen molar-refractivity contribution in [3.05, 3.63) is 30.4 Å². The predicted molar refractivity (Wildman–Crippen MR) is 91.5 cm³/mol. The Morgan fingerprint density at radius 1 is 1.29 bits per heavy atom. The Morgan fingerprint density at radius 3 is 2.88 bits per heavy atom. The standard InChI is InChI=1S/C16H22N6O2/c1-3-17-16(18-10-15-19-11-20-22(15)2)21-12-5-6-13-14(9-12)24-8-4-7-23-13/h5-6,9,11H,3-4,7-8,10H2,1-2H3,(H2,17,18,21). The summed E-state index contributed by atoms with van der Waals surface area (Å²) in [5.41, 5.74) is 0.886. The Bertz CT molecular complexity index is 712. The van der Waals surface area contributed by atoms with Gasteiger partial charge in [-0.1, -0.05) is 0 Å². The van der Waals surface area contributed by atoms with Crippen molar-refractivity contribution in [2.45, 2.75) is 19.9 Å². The van der Waals surface area contributed by atoms with Gasteiger partial charge in [-0.3, -0.25) is 4.68 Å². The van der Waals surface area contributed by atoms with Crippen LogP contribution in [0.25, 0.3) is 0 Å². The van der Waals surface area contributed by atoms with E-state index in [9.17, 15) is 0 Å². The van der Waals surface area contributed by atoms with Gasteiger partial charge in [-0.15, -0.1) is 0 Å². The molecule has 8 nitrogen and oxygen atoms in total. The lowest BCUT2D eigenvalue weighted by Crippen LogP contribution is -2.30. The summed E-state index contributed by atoms with van der Waals surface area (Å²) in [4.78, 5) is 8.72. The molecule has 0 fully saturated rings. The van der Waals surface area contributed by atoms with Crippen molar-refractivity contribution in [1.29, 1.82) is 0 Å². The Kier molecular flexibility index (Phi) is 5.15. The minimum Gasteiger partial charge on any atom is -0.490 e. The molecule has 0 unspecified atom stereocenters. The second-order valence-electron chi connectivity index (χ2n) is 5.33. The first-order valence-corrected chi connectivity index (χ1v) is 8.04. The molecule has 0 bridgehead atoms. The number of nitrogens with one attached hydrogen (secondary N) is 2. The van der Waals surface area contributed by atoms with E-state index >= 15 is 0 Å². The molecule has 2 N–H and O–H groups in total. The Labute approximate surface area is 140 Å². The summed E-state index contributed by atoms with van der Waals surface area (Å²) in [6.07, 6.45) is 2.41. The third kappa shape index (κ3) is 3.95. The van der Waals surface area contributed by atoms with E-state index in [0.717, 1.165) is 36.0 Å². The average molecular weight is 330 g/mol. The molecular formula is C16H22N6O2. The lowest BCUT2D eigenvalue weighted by molar-refractivity contribution is 0.297. The second-order valence-corrected chi connectivity index (χ2v) is 5.33. The highest BCUT2D eigenvalue weighted by atomic mass is 16.5. The number of fused-ring (bicyclic) bond motifs is 1. The van der Waals surface area contributed by atoms with E-state index < -0.39 is 0 Å². The maximum absolute atomic E-state index is 5.72. The van der Waals surface area contributed by atoms with Crippen molar-refractivity contribution in [2.75, 3.05) is 25.1 Å². The minimum absolute atomic E-state index is 0.441. The van der Waals surface area contributed by atoms with Crippen LogP contribution in [0.3, 0.4) is 0 Å². The third-order valence-electron chi connectivity index (χ3n) is 3.54. The SMILES string of the molecule is CCNC(=NCc1ncnn1C)Nc1ccc2c(c1)OCCCO2. The zero-order chi connectivity index (χ0) is 16.8. The van der Waals surface area contributed by atoms with Gasteiger partial charge in [0.1, 0.15) is 18.7 Å². The van der Waals surface area contributed by atoms with E-state index in [0.29, 0.717) is 25.7 Å². The Hall–Kier alpha value is -2.77. The smallest absolute Gasteiger partial charge is 0.196 e. The second kappa shape index (κ2) is 7.67. The minimum atomic E-state index is 0.441. The number of aromatic nitrogens is 3. The van der Waals surface area contributed by atoms with Gasteiger partial charge in [0.2, 0.25) is 0 Å². The van der Waals surface area contributed by atoms with Crippen LogP contribution in [-0.2, 0) is 13.6 Å². The number of anilines is 1. The molecule has 0 saturated heterocycles. The molecule has 1 aliphatic heterocycles. The summed E-state index contributed by atoms with van der Waals surface area (Å²) >= 11 is 0. The summed E-state index contributed by atoms with van der Waals surface area (Å²) in [5.74, 6) is 3.00. The first-order chi connectivity index (χ1) is 11.8. The Morgan fingerprint density at radius 2 is 2.12 bits per heavy atom. The van der Waals surface area contributed by atoms with Crippen LogP contribution in [0, 0.1) is 0 Å². The van der Waals surface area contributed by atoms with Gasteiger partial charge < -0.3 is 20.1 Å². The highest BCUT2D eigenvalue weighted by molar-refractivity contribution is 5.93. The molecule has 1 aliphatic rings. The van der Waals surface area contributed by atoms with Crippen molar-refractivity contribution in [2.24, 2.45) is 12.0 Å². The number of nitrogens with zero attached hydrogens (tertiary/aromatic N) is 4. The van der Waals surface area contributed by atoms with Gasteiger partial charge in [-0.05, 0) is 19.1 Å². The third-order valence-corrected chi connectivity index (χ3v) is 3.54. The summed E-state index contributed by atoms with van der Waals surface area (Å²) in [6.45, 7) is 4.57. The highest BCUT2D eigenvalue weighted by Gasteiger charge is 2.11. The number of benzene rings is 1. The normalized spacial score (nSPS) is 14.2. The maximum atomic E-state index is 5.72. The number of hydrogen-bond donors (Lipinski definition) is 2. The predicted octanol–water partition coefficient (Wildman–Crippen LogP) is 1.55. The van der Waals surface area contributed by atoms with E-state index in [1.54, 1.807) is 4.68 Å². The molecule has 3 rings (SSSR count). The van der Waals surface area contributed by atoms with Crippen LogP contribution in [0.2, 0.25) is 0 Å². The van der Waals surface area contributed by atoms with E-state index in [-0.39, 0.29) is 0 Å². The topological polar surface area (TPSA) is 85.6 Å². The lowest BCUT2D eigenvalue weighted by Gasteiger charge is -2.13. The fourth-order valence-electron chi connectivity index (χ4n) is 2.30. The molecule has 0 amide bonds. The molecule has 2 heterocycles. The van der Waals surface area contributed by atoms with Gasteiger partial charge in [0, 0.05) is 31.8 Å². The maximum Gasteiger partial charge on any atom is 0.196 e. The number of aryl methyl sites for hydroxylation is 1. The summed E-state index contributed by atoms with van der Waals surface area (Å²) in [5, 5.41) is 10.5. The molecule has 1 aromatic heterocycles. The molecule has 0 atom stereocenters. The fourth-order valence-corrected chi connectivity index (χ4v) is 2.30. The summed E-state index contributed by atoms with van der Waals surface area (Å²) < 4.78 is 13.1. The van der Waals surface area contributed by atoms with Gasteiger partial charge in [-0.2, -0.15) is 5.10 Å². The van der Waals surface area contributed by atoms with Crippen LogP contribution in [-0.4, -0.2) is 40.5 Å². The van der Waals surface area contributed by atoms with E-state index in [2.05, 4.69) is 25.7 Å². The van der Waals surface area contributed by atoms with Crippen molar-refractivity contribution < 1.29 is 9.47 Å². The van der Waals surface area contributed by atoms with Crippen LogP contribution < -0.4 is 20.1 Å². The summed E-state index contributed by atoms with van der Waals surface area (Å²) in [6, 6.07) is 5.79. The molecule has 1 aromatic carbocycles. The van der Waals surface area contributed by atoms with Gasteiger partial charge in [0.15, 0.2) is 17.5 Å². The van der Waals surface area contributed by atoms with Crippen LogP contribution in [0.4, 0.5) is 5.69 Å².